The summed E-state index contributed by atoms with van der Waals surface area (Å²) in [5.74, 6) is 0.479. The second-order valence-electron chi connectivity index (χ2n) is 8.34. The third-order valence-corrected chi connectivity index (χ3v) is 7.15. The molecule has 1 unspecified atom stereocenters. The van der Waals surface area contributed by atoms with Crippen molar-refractivity contribution in [1.29, 1.82) is 0 Å². The maximum atomic E-state index is 2.62. The Kier molecular flexibility index (Phi) is 4.76. The van der Waals surface area contributed by atoms with E-state index in [1.54, 1.807) is 0 Å². The van der Waals surface area contributed by atoms with E-state index in [0.29, 0.717) is 5.92 Å². The minimum atomic E-state index is 0.479. The van der Waals surface area contributed by atoms with E-state index in [9.17, 15) is 0 Å². The highest BCUT2D eigenvalue weighted by molar-refractivity contribution is 7.17. The number of piperidine rings is 1. The van der Waals surface area contributed by atoms with Crippen LogP contribution in [-0.4, -0.2) is 36.5 Å². The first-order chi connectivity index (χ1) is 13.3. The van der Waals surface area contributed by atoms with Crippen LogP contribution in [0.4, 0.5) is 0 Å². The number of nitrogens with zero attached hydrogens (tertiary/aromatic N) is 2. The Morgan fingerprint density at radius 2 is 1.89 bits per heavy atom. The lowest BCUT2D eigenvalue weighted by atomic mass is 9.84. The topological polar surface area (TPSA) is 6.48 Å². The first-order valence-electron chi connectivity index (χ1n) is 10.3. The number of hydrogen-bond donors (Lipinski definition) is 0. The summed E-state index contributed by atoms with van der Waals surface area (Å²) in [6.07, 6.45) is 4.13. The van der Waals surface area contributed by atoms with Gasteiger partial charge < -0.3 is 4.90 Å². The molecule has 1 atom stereocenters. The first kappa shape index (κ1) is 17.4. The molecular formula is C24H28N2S. The average molecular weight is 377 g/mol. The maximum Gasteiger partial charge on any atom is 0.0342 e. The highest BCUT2D eigenvalue weighted by Gasteiger charge is 2.25. The fourth-order valence-electron chi connectivity index (χ4n) is 4.86. The van der Waals surface area contributed by atoms with Crippen molar-refractivity contribution in [3.8, 4) is 0 Å². The predicted octanol–water partition coefficient (Wildman–Crippen LogP) is 5.46. The minimum Gasteiger partial charge on any atom is -0.301 e. The Morgan fingerprint density at radius 1 is 1.00 bits per heavy atom. The highest BCUT2D eigenvalue weighted by atomic mass is 32.1. The zero-order valence-electron chi connectivity index (χ0n) is 16.2. The summed E-state index contributed by atoms with van der Waals surface area (Å²) in [4.78, 5) is 5.11. The first-order valence-corrected chi connectivity index (χ1v) is 11.1. The number of likely N-dealkylation sites (N-methyl/N-ethyl adjacent to an activating group) is 1. The minimum absolute atomic E-state index is 0.479. The lowest BCUT2D eigenvalue weighted by molar-refractivity contribution is 0.220. The molecule has 0 radical (unpaired) electrons. The molecule has 1 saturated heterocycles. The van der Waals surface area contributed by atoms with E-state index in [1.807, 2.05) is 11.3 Å². The largest absolute Gasteiger partial charge is 0.301 e. The van der Waals surface area contributed by atoms with Gasteiger partial charge in [0.25, 0.3) is 0 Å². The number of rotatable bonds is 3. The van der Waals surface area contributed by atoms with Crippen LogP contribution in [0.25, 0.3) is 10.1 Å². The van der Waals surface area contributed by atoms with Gasteiger partial charge in [0.2, 0.25) is 0 Å². The number of benzene rings is 2. The van der Waals surface area contributed by atoms with Gasteiger partial charge in [0.05, 0.1) is 0 Å². The van der Waals surface area contributed by atoms with Gasteiger partial charge in [-0.3, -0.25) is 4.90 Å². The Balaban J connectivity index is 1.45. The van der Waals surface area contributed by atoms with Gasteiger partial charge in [0.1, 0.15) is 0 Å². The molecule has 27 heavy (non-hydrogen) atoms. The highest BCUT2D eigenvalue weighted by Crippen LogP contribution is 2.35. The number of fused-ring (bicyclic) bond motifs is 2. The molecule has 0 amide bonds. The second-order valence-corrected chi connectivity index (χ2v) is 9.28. The third kappa shape index (κ3) is 3.56. The average Bonchev–Trinajstić information content (AvgIpc) is 3.15. The van der Waals surface area contributed by atoms with E-state index in [4.69, 9.17) is 0 Å². The van der Waals surface area contributed by atoms with Crippen LogP contribution in [0.2, 0.25) is 0 Å². The van der Waals surface area contributed by atoms with Crippen LogP contribution in [-0.2, 0) is 13.1 Å². The molecule has 5 rings (SSSR count). The van der Waals surface area contributed by atoms with Crippen LogP contribution in [0.1, 0.15) is 47.4 Å². The van der Waals surface area contributed by atoms with Gasteiger partial charge in [-0.15, -0.1) is 11.3 Å². The number of hydrogen-bond acceptors (Lipinski definition) is 3. The van der Waals surface area contributed by atoms with E-state index in [0.717, 1.165) is 19.6 Å². The molecule has 2 aromatic carbocycles. The molecule has 0 spiro atoms. The van der Waals surface area contributed by atoms with E-state index < -0.39 is 0 Å². The summed E-state index contributed by atoms with van der Waals surface area (Å²) in [7, 11) is 2.26. The number of thiophene rings is 1. The van der Waals surface area contributed by atoms with E-state index >= 15 is 0 Å². The van der Waals surface area contributed by atoms with Crippen LogP contribution in [0.15, 0.2) is 47.8 Å². The van der Waals surface area contributed by atoms with Gasteiger partial charge in [0, 0.05) is 30.3 Å². The smallest absolute Gasteiger partial charge is 0.0342 e. The normalized spacial score (nSPS) is 21.4. The fraction of sp³-hybridized carbons (Fsp3) is 0.417. The summed E-state index contributed by atoms with van der Waals surface area (Å²) in [6.45, 7) is 5.82. The molecule has 140 valence electrons. The molecule has 2 aliphatic heterocycles. The molecule has 0 aliphatic carbocycles. The van der Waals surface area contributed by atoms with Crippen LogP contribution < -0.4 is 0 Å². The molecule has 2 aliphatic rings. The summed E-state index contributed by atoms with van der Waals surface area (Å²) >= 11 is 1.83. The molecule has 1 fully saturated rings. The Hall–Kier alpha value is -1.68. The van der Waals surface area contributed by atoms with Gasteiger partial charge in [-0.25, -0.2) is 0 Å². The Morgan fingerprint density at radius 3 is 2.78 bits per heavy atom. The van der Waals surface area contributed by atoms with Crippen molar-refractivity contribution in [3.05, 3.63) is 70.1 Å². The predicted molar refractivity (Wildman–Crippen MR) is 116 cm³/mol. The molecule has 0 N–H and O–H groups in total. The Bertz CT molecular complexity index is 938. The van der Waals surface area contributed by atoms with Crippen molar-refractivity contribution in [1.82, 2.24) is 9.80 Å². The van der Waals surface area contributed by atoms with Crippen LogP contribution in [0, 0.1) is 0 Å². The summed E-state index contributed by atoms with van der Waals surface area (Å²) in [5.41, 5.74) is 5.99. The van der Waals surface area contributed by atoms with Crippen LogP contribution in [0.5, 0.6) is 0 Å². The van der Waals surface area contributed by atoms with Gasteiger partial charge in [0.15, 0.2) is 0 Å². The molecule has 3 heterocycles. The fourth-order valence-corrected chi connectivity index (χ4v) is 5.63. The van der Waals surface area contributed by atoms with E-state index in [2.05, 4.69) is 64.7 Å². The second kappa shape index (κ2) is 7.38. The van der Waals surface area contributed by atoms with Crippen molar-refractivity contribution < 1.29 is 0 Å². The lowest BCUT2D eigenvalue weighted by Gasteiger charge is -2.33. The molecule has 0 bridgehead atoms. The summed E-state index contributed by atoms with van der Waals surface area (Å²) in [6, 6.07) is 16.6. The standard InChI is InChI=1S/C24H28N2S/c1-25-16-21-13-18(15-26-10-3-2-4-11-26)5-7-22(21)23(17-25)19-6-8-24-20(14-19)9-12-27-24/h5-9,12-14,23H,2-4,10-11,15-17H2,1H3. The molecule has 2 nitrogen and oxygen atoms in total. The van der Waals surface area contributed by atoms with Crippen molar-refractivity contribution in [2.24, 2.45) is 0 Å². The zero-order valence-corrected chi connectivity index (χ0v) is 17.0. The zero-order chi connectivity index (χ0) is 18.2. The molecule has 1 aromatic heterocycles. The third-order valence-electron chi connectivity index (χ3n) is 6.25. The van der Waals surface area contributed by atoms with E-state index in [-0.39, 0.29) is 0 Å². The summed E-state index contributed by atoms with van der Waals surface area (Å²) in [5, 5.41) is 3.58. The van der Waals surface area contributed by atoms with Crippen molar-refractivity contribution in [3.63, 3.8) is 0 Å². The van der Waals surface area contributed by atoms with Crippen molar-refractivity contribution in [2.75, 3.05) is 26.7 Å². The molecule has 0 saturated carbocycles. The van der Waals surface area contributed by atoms with Gasteiger partial charge in [-0.05, 0) is 84.2 Å². The number of likely N-dealkylation sites (tertiary alicyclic amines) is 1. The van der Waals surface area contributed by atoms with Crippen molar-refractivity contribution >= 4 is 21.4 Å². The molecule has 3 aromatic rings. The van der Waals surface area contributed by atoms with Gasteiger partial charge in [-0.1, -0.05) is 30.7 Å². The van der Waals surface area contributed by atoms with Gasteiger partial charge >= 0.3 is 0 Å². The quantitative estimate of drug-likeness (QED) is 0.598. The lowest BCUT2D eigenvalue weighted by Crippen LogP contribution is -2.32. The molecular weight excluding hydrogens is 348 g/mol. The van der Waals surface area contributed by atoms with E-state index in [1.165, 1.54) is 64.7 Å². The SMILES string of the molecule is CN1Cc2cc(CN3CCCCC3)ccc2C(c2ccc3sccc3c2)C1. The van der Waals surface area contributed by atoms with Crippen LogP contribution in [0.3, 0.4) is 0 Å². The van der Waals surface area contributed by atoms with Crippen molar-refractivity contribution in [2.45, 2.75) is 38.3 Å². The van der Waals surface area contributed by atoms with Gasteiger partial charge in [-0.2, -0.15) is 0 Å². The Labute approximate surface area is 166 Å². The van der Waals surface area contributed by atoms with Crippen LogP contribution >= 0.6 is 11.3 Å². The maximum absolute atomic E-state index is 2.62. The molecule has 3 heteroatoms. The monoisotopic (exact) mass is 376 g/mol. The summed E-state index contributed by atoms with van der Waals surface area (Å²) < 4.78 is 1.39.